The molecule has 1 unspecified atom stereocenters. The fourth-order valence-electron chi connectivity index (χ4n) is 2.69. The number of fused-ring (bicyclic) bond motifs is 1. The van der Waals surface area contributed by atoms with Crippen LogP contribution in [0.1, 0.15) is 11.1 Å². The van der Waals surface area contributed by atoms with Gasteiger partial charge in [-0.15, -0.1) is 0 Å². The topological polar surface area (TPSA) is 85.5 Å². The summed E-state index contributed by atoms with van der Waals surface area (Å²) in [5.41, 5.74) is 1.96. The molecule has 138 valence electrons. The Morgan fingerprint density at radius 3 is 2.89 bits per heavy atom. The molecule has 0 fully saturated rings. The third-order valence-electron chi connectivity index (χ3n) is 4.14. The Balaban J connectivity index is 1.37. The SMILES string of the molecule is O=C(NCc1cn[nH]c1)C1COc2ccc(OCc3ccccc3)cc2O1. The fourth-order valence-corrected chi connectivity index (χ4v) is 2.69. The van der Waals surface area contributed by atoms with Gasteiger partial charge in [0.25, 0.3) is 5.91 Å². The lowest BCUT2D eigenvalue weighted by atomic mass is 10.2. The minimum absolute atomic E-state index is 0.161. The van der Waals surface area contributed by atoms with Crippen LogP contribution in [-0.2, 0) is 17.9 Å². The summed E-state index contributed by atoms with van der Waals surface area (Å²) in [4.78, 5) is 12.3. The number of nitrogens with zero attached hydrogens (tertiary/aromatic N) is 1. The number of nitrogens with one attached hydrogen (secondary N) is 2. The van der Waals surface area contributed by atoms with Crippen molar-refractivity contribution < 1.29 is 19.0 Å². The fraction of sp³-hybridized carbons (Fsp3) is 0.200. The molecule has 0 aliphatic carbocycles. The van der Waals surface area contributed by atoms with Gasteiger partial charge in [-0.05, 0) is 17.7 Å². The summed E-state index contributed by atoms with van der Waals surface area (Å²) in [6, 6.07) is 15.3. The van der Waals surface area contributed by atoms with Gasteiger partial charge in [0.1, 0.15) is 19.0 Å². The van der Waals surface area contributed by atoms with Crippen molar-refractivity contribution in [1.82, 2.24) is 15.5 Å². The van der Waals surface area contributed by atoms with Crippen molar-refractivity contribution in [3.63, 3.8) is 0 Å². The van der Waals surface area contributed by atoms with E-state index in [4.69, 9.17) is 14.2 Å². The number of aromatic nitrogens is 2. The monoisotopic (exact) mass is 365 g/mol. The highest BCUT2D eigenvalue weighted by atomic mass is 16.6. The average molecular weight is 365 g/mol. The third kappa shape index (κ3) is 4.20. The Hall–Kier alpha value is -3.48. The number of carbonyl (C=O) groups excluding carboxylic acids is 1. The lowest BCUT2D eigenvalue weighted by Gasteiger charge is -2.26. The van der Waals surface area contributed by atoms with Gasteiger partial charge >= 0.3 is 0 Å². The van der Waals surface area contributed by atoms with Gasteiger partial charge in [-0.2, -0.15) is 5.10 Å². The smallest absolute Gasteiger partial charge is 0.264 e. The summed E-state index contributed by atoms with van der Waals surface area (Å²) in [7, 11) is 0. The first-order chi connectivity index (χ1) is 13.3. The summed E-state index contributed by atoms with van der Waals surface area (Å²) in [5, 5.41) is 9.36. The lowest BCUT2D eigenvalue weighted by Crippen LogP contribution is -2.43. The van der Waals surface area contributed by atoms with Crippen molar-refractivity contribution in [3.8, 4) is 17.2 Å². The van der Waals surface area contributed by atoms with Crippen LogP contribution in [0.15, 0.2) is 60.9 Å². The third-order valence-corrected chi connectivity index (χ3v) is 4.14. The van der Waals surface area contributed by atoms with Crippen molar-refractivity contribution in [2.24, 2.45) is 0 Å². The van der Waals surface area contributed by atoms with Crippen LogP contribution >= 0.6 is 0 Å². The number of carbonyl (C=O) groups is 1. The number of H-pyrrole nitrogens is 1. The van der Waals surface area contributed by atoms with Crippen LogP contribution in [0, 0.1) is 0 Å². The molecule has 1 amide bonds. The second-order valence-corrected chi connectivity index (χ2v) is 6.12. The predicted octanol–water partition coefficient (Wildman–Crippen LogP) is 2.44. The maximum absolute atomic E-state index is 12.3. The van der Waals surface area contributed by atoms with E-state index in [0.29, 0.717) is 30.4 Å². The minimum atomic E-state index is -0.714. The number of aromatic amines is 1. The van der Waals surface area contributed by atoms with Crippen molar-refractivity contribution >= 4 is 5.91 Å². The molecule has 2 aromatic carbocycles. The Bertz CT molecular complexity index is 897. The zero-order valence-electron chi connectivity index (χ0n) is 14.6. The van der Waals surface area contributed by atoms with E-state index < -0.39 is 6.10 Å². The molecular weight excluding hydrogens is 346 g/mol. The highest BCUT2D eigenvalue weighted by molar-refractivity contribution is 5.81. The van der Waals surface area contributed by atoms with Gasteiger partial charge < -0.3 is 19.5 Å². The normalized spacial score (nSPS) is 15.2. The minimum Gasteiger partial charge on any atom is -0.489 e. The molecule has 27 heavy (non-hydrogen) atoms. The molecule has 2 heterocycles. The Labute approximate surface area is 156 Å². The van der Waals surface area contributed by atoms with E-state index in [1.807, 2.05) is 36.4 Å². The first kappa shape index (κ1) is 17.0. The van der Waals surface area contributed by atoms with Gasteiger partial charge in [-0.25, -0.2) is 0 Å². The second kappa shape index (κ2) is 7.82. The van der Waals surface area contributed by atoms with Gasteiger partial charge in [0.2, 0.25) is 6.10 Å². The van der Waals surface area contributed by atoms with Crippen molar-refractivity contribution in [1.29, 1.82) is 0 Å². The quantitative estimate of drug-likeness (QED) is 0.701. The van der Waals surface area contributed by atoms with E-state index >= 15 is 0 Å². The molecule has 1 aliphatic heterocycles. The van der Waals surface area contributed by atoms with Crippen LogP contribution < -0.4 is 19.5 Å². The van der Waals surface area contributed by atoms with E-state index in [-0.39, 0.29) is 12.5 Å². The van der Waals surface area contributed by atoms with Crippen LogP contribution in [0.4, 0.5) is 0 Å². The van der Waals surface area contributed by atoms with Gasteiger partial charge in [0, 0.05) is 24.4 Å². The Kier molecular flexibility index (Phi) is 4.91. The van der Waals surface area contributed by atoms with Crippen LogP contribution in [0.25, 0.3) is 0 Å². The van der Waals surface area contributed by atoms with Crippen LogP contribution in [0.2, 0.25) is 0 Å². The van der Waals surface area contributed by atoms with Crippen molar-refractivity contribution in [2.45, 2.75) is 19.3 Å². The summed E-state index contributed by atoms with van der Waals surface area (Å²) >= 11 is 0. The average Bonchev–Trinajstić information content (AvgIpc) is 3.24. The first-order valence-corrected chi connectivity index (χ1v) is 8.63. The number of ether oxygens (including phenoxy) is 3. The Morgan fingerprint density at radius 1 is 1.19 bits per heavy atom. The van der Waals surface area contributed by atoms with Gasteiger partial charge in [0.15, 0.2) is 11.5 Å². The summed E-state index contributed by atoms with van der Waals surface area (Å²) in [5.74, 6) is 1.51. The molecule has 4 rings (SSSR count). The Morgan fingerprint density at radius 2 is 2.07 bits per heavy atom. The van der Waals surface area contributed by atoms with Crippen molar-refractivity contribution in [2.75, 3.05) is 6.61 Å². The van der Waals surface area contributed by atoms with Crippen molar-refractivity contribution in [3.05, 3.63) is 72.1 Å². The number of hydrogen-bond acceptors (Lipinski definition) is 5. The largest absolute Gasteiger partial charge is 0.489 e. The molecule has 2 N–H and O–H groups in total. The molecule has 0 saturated heterocycles. The number of amides is 1. The molecule has 7 nitrogen and oxygen atoms in total. The number of hydrogen-bond donors (Lipinski definition) is 2. The molecule has 0 saturated carbocycles. The van der Waals surface area contributed by atoms with E-state index in [0.717, 1.165) is 11.1 Å². The first-order valence-electron chi connectivity index (χ1n) is 8.63. The van der Waals surface area contributed by atoms with Gasteiger partial charge in [0.05, 0.1) is 6.20 Å². The maximum Gasteiger partial charge on any atom is 0.264 e. The second-order valence-electron chi connectivity index (χ2n) is 6.12. The van der Waals surface area contributed by atoms with E-state index in [9.17, 15) is 4.79 Å². The standard InChI is InChI=1S/C20H19N3O4/c24-20(21-9-15-10-22-23-11-15)19-13-26-17-7-6-16(8-18(17)27-19)25-12-14-4-2-1-3-5-14/h1-8,10-11,19H,9,12-13H2,(H,21,24)(H,22,23). The molecule has 1 aliphatic rings. The highest BCUT2D eigenvalue weighted by Gasteiger charge is 2.27. The lowest BCUT2D eigenvalue weighted by molar-refractivity contribution is -0.130. The highest BCUT2D eigenvalue weighted by Crippen LogP contribution is 2.35. The number of benzene rings is 2. The molecule has 1 aromatic heterocycles. The van der Waals surface area contributed by atoms with Gasteiger partial charge in [-0.3, -0.25) is 9.89 Å². The molecule has 0 radical (unpaired) electrons. The van der Waals surface area contributed by atoms with Crippen LogP contribution in [-0.4, -0.2) is 28.8 Å². The van der Waals surface area contributed by atoms with E-state index in [1.165, 1.54) is 0 Å². The maximum atomic E-state index is 12.3. The molecule has 7 heteroatoms. The summed E-state index contributed by atoms with van der Waals surface area (Å²) in [6.45, 7) is 0.992. The molecule has 1 atom stereocenters. The van der Waals surface area contributed by atoms with E-state index in [1.54, 1.807) is 24.5 Å². The van der Waals surface area contributed by atoms with Crippen LogP contribution in [0.3, 0.4) is 0 Å². The molecule has 0 bridgehead atoms. The van der Waals surface area contributed by atoms with Gasteiger partial charge in [-0.1, -0.05) is 30.3 Å². The predicted molar refractivity (Wildman–Crippen MR) is 97.6 cm³/mol. The number of rotatable bonds is 6. The zero-order valence-corrected chi connectivity index (χ0v) is 14.6. The molecular formula is C20H19N3O4. The molecule has 0 spiro atoms. The summed E-state index contributed by atoms with van der Waals surface area (Å²) < 4.78 is 17.3. The van der Waals surface area contributed by atoms with Crippen LogP contribution in [0.5, 0.6) is 17.2 Å². The summed E-state index contributed by atoms with van der Waals surface area (Å²) in [6.07, 6.45) is 2.67. The zero-order chi connectivity index (χ0) is 18.5. The van der Waals surface area contributed by atoms with E-state index in [2.05, 4.69) is 15.5 Å². The molecule has 3 aromatic rings.